The maximum atomic E-state index is 13.8. The molecule has 12 aromatic rings. The van der Waals surface area contributed by atoms with Gasteiger partial charge in [0, 0.05) is 70.4 Å². The Morgan fingerprint density at radius 3 is 1.60 bits per heavy atom. The number of ketones is 1. The first-order valence-corrected chi connectivity index (χ1v) is 28.4. The summed E-state index contributed by atoms with van der Waals surface area (Å²) in [6, 6.07) is 69.0. The van der Waals surface area contributed by atoms with Crippen molar-refractivity contribution in [3.63, 3.8) is 0 Å². The number of anilines is 1. The Morgan fingerprint density at radius 1 is 0.580 bits per heavy atom. The zero-order valence-corrected chi connectivity index (χ0v) is 49.7. The zero-order valence-electron chi connectivity index (χ0n) is 48.9. The van der Waals surface area contributed by atoms with Crippen molar-refractivity contribution in [1.82, 2.24) is 34.9 Å². The van der Waals surface area contributed by atoms with Crippen LogP contribution in [0.5, 0.6) is 0 Å². The monoisotopic (exact) mass is 1180 g/mol. The van der Waals surface area contributed by atoms with Crippen molar-refractivity contribution in [2.24, 2.45) is 0 Å². The summed E-state index contributed by atoms with van der Waals surface area (Å²) in [7, 11) is 2.67. The molecule has 0 bridgehead atoms. The van der Waals surface area contributed by atoms with E-state index in [4.69, 9.17) is 10.8 Å². The van der Waals surface area contributed by atoms with Crippen LogP contribution in [0.1, 0.15) is 53.9 Å². The van der Waals surface area contributed by atoms with Gasteiger partial charge in [-0.05, 0) is 108 Å². The number of nitrogens with two attached hydrogens (primary N) is 1. The molecule has 15 nitrogen and oxygen atoms in total. The molecule has 88 heavy (non-hydrogen) atoms. The van der Waals surface area contributed by atoms with Gasteiger partial charge in [0.1, 0.15) is 17.4 Å². The number of fused-ring (bicyclic) bond motifs is 4. The first kappa shape index (κ1) is 61.5. The zero-order chi connectivity index (χ0) is 62.1. The predicted octanol–water partition coefficient (Wildman–Crippen LogP) is 14.6. The van der Waals surface area contributed by atoms with Crippen molar-refractivity contribution in [2.75, 3.05) is 20.0 Å². The summed E-state index contributed by atoms with van der Waals surface area (Å²) in [6.07, 6.45) is 6.20. The third kappa shape index (κ3) is 14.9. The Bertz CT molecular complexity index is 4470. The molecule has 6 heterocycles. The van der Waals surface area contributed by atoms with E-state index >= 15 is 0 Å². The number of carbonyl (C=O) groups excluding carboxylic acids is 5. The van der Waals surface area contributed by atoms with Crippen LogP contribution in [-0.4, -0.2) is 78.0 Å². The van der Waals surface area contributed by atoms with E-state index in [0.29, 0.717) is 24.2 Å². The second-order valence-electron chi connectivity index (χ2n) is 20.2. The van der Waals surface area contributed by atoms with E-state index in [1.54, 1.807) is 41.5 Å². The molecule has 1 aliphatic rings. The fourth-order valence-electron chi connectivity index (χ4n) is 10.2. The Balaban J connectivity index is 0.000000144. The van der Waals surface area contributed by atoms with Gasteiger partial charge in [-0.25, -0.2) is 0 Å². The van der Waals surface area contributed by atoms with E-state index in [-0.39, 0.29) is 22.9 Å². The maximum absolute atomic E-state index is 13.8. The molecule has 0 amide bonds. The molecule has 0 spiro atoms. The first-order valence-electron chi connectivity index (χ1n) is 28.0. The molecule has 7 aromatic carbocycles. The average molecular weight is 1190 g/mol. The molecule has 1 atom stereocenters. The smallest absolute Gasteiger partial charge is 0.320 e. The van der Waals surface area contributed by atoms with Crippen LogP contribution in [0.3, 0.4) is 0 Å². The lowest BCUT2D eigenvalue weighted by Gasteiger charge is -2.20. The molecule has 3 N–H and O–H groups in total. The van der Waals surface area contributed by atoms with Crippen molar-refractivity contribution in [3.8, 4) is 44.8 Å². The third-order valence-corrected chi connectivity index (χ3v) is 14.2. The van der Waals surface area contributed by atoms with Crippen molar-refractivity contribution in [2.45, 2.75) is 39.5 Å². The number of H-pyrrole nitrogens is 1. The number of Topliss-reactive ketones (excluding diaryl/α,β-unsaturated/α-hetero) is 1. The van der Waals surface area contributed by atoms with Crippen molar-refractivity contribution >= 4 is 84.6 Å². The highest BCUT2D eigenvalue weighted by Gasteiger charge is 2.32. The fourth-order valence-corrected chi connectivity index (χ4v) is 10.2. The van der Waals surface area contributed by atoms with E-state index in [1.165, 1.54) is 28.1 Å². The number of aromatic amines is 1. The Labute approximate surface area is 513 Å². The highest BCUT2D eigenvalue weighted by Crippen LogP contribution is 2.40. The number of rotatable bonds is 10. The van der Waals surface area contributed by atoms with Gasteiger partial charge in [-0.1, -0.05) is 163 Å². The van der Waals surface area contributed by atoms with Gasteiger partial charge in [-0.2, -0.15) is 14.9 Å². The lowest BCUT2D eigenvalue weighted by atomic mass is 9.90. The number of hydrogen-bond donors (Lipinski definition) is 2. The molecule has 0 saturated heterocycles. The second kappa shape index (κ2) is 29.2. The minimum absolute atomic E-state index is 0.0867. The number of benzene rings is 7. The van der Waals surface area contributed by atoms with Gasteiger partial charge in [-0.3, -0.25) is 44.0 Å². The molecular formula is C72H61ClN8O7. The van der Waals surface area contributed by atoms with Gasteiger partial charge in [0.15, 0.2) is 5.82 Å². The number of nitrogens with zero attached hydrogens (tertiary/aromatic N) is 6. The van der Waals surface area contributed by atoms with Crippen LogP contribution in [0, 0.1) is 0 Å². The molecule has 0 saturated carbocycles. The van der Waals surface area contributed by atoms with Crippen molar-refractivity contribution < 1.29 is 33.4 Å². The number of nitrogen functional groups attached to an aromatic ring is 1. The summed E-state index contributed by atoms with van der Waals surface area (Å²) in [5.41, 5.74) is 21.8. The molecule has 13 rings (SSSR count). The summed E-state index contributed by atoms with van der Waals surface area (Å²) in [6.45, 7) is 4.73. The van der Waals surface area contributed by atoms with Crippen LogP contribution in [0.25, 0.3) is 83.1 Å². The van der Waals surface area contributed by atoms with Crippen molar-refractivity contribution in [1.29, 1.82) is 0 Å². The van der Waals surface area contributed by atoms with Crippen LogP contribution >= 0.6 is 11.6 Å². The number of allylic oxidation sites excluding steroid dienone is 2. The maximum Gasteiger partial charge on any atom is 0.320 e. The number of esters is 2. The molecule has 438 valence electrons. The van der Waals surface area contributed by atoms with E-state index in [2.05, 4.69) is 58.4 Å². The number of carbonyl (C=O) groups is 5. The predicted molar refractivity (Wildman–Crippen MR) is 347 cm³/mol. The largest absolute Gasteiger partial charge is 0.469 e. The number of methoxy groups -OCH3 is 2. The summed E-state index contributed by atoms with van der Waals surface area (Å²) in [5, 5.41) is 14.6. The minimum atomic E-state index is -0.861. The van der Waals surface area contributed by atoms with Crippen LogP contribution in [0.4, 0.5) is 5.82 Å². The summed E-state index contributed by atoms with van der Waals surface area (Å²) in [5.74, 6) is -1.41. The van der Waals surface area contributed by atoms with Gasteiger partial charge < -0.3 is 15.2 Å². The number of hydrogen-bond acceptors (Lipinski definition) is 13. The molecule has 1 unspecified atom stereocenters. The van der Waals surface area contributed by atoms with Gasteiger partial charge in [-0.15, -0.1) is 0 Å². The summed E-state index contributed by atoms with van der Waals surface area (Å²) < 4.78 is 10.9. The molecule has 16 heteroatoms. The van der Waals surface area contributed by atoms with Gasteiger partial charge in [0.2, 0.25) is 5.24 Å². The number of halogens is 1. The molecule has 0 aliphatic carbocycles. The quantitative estimate of drug-likeness (QED) is 0.0741. The summed E-state index contributed by atoms with van der Waals surface area (Å²) >= 11 is 4.64. The molecule has 0 fully saturated rings. The van der Waals surface area contributed by atoms with Crippen LogP contribution < -0.4 is 5.73 Å². The average Bonchev–Trinajstić information content (AvgIpc) is 1.78. The van der Waals surface area contributed by atoms with Crippen molar-refractivity contribution in [3.05, 3.63) is 259 Å². The number of nitrogens with one attached hydrogen (secondary N) is 1. The lowest BCUT2D eigenvalue weighted by molar-refractivity contribution is -0.145. The Hall–Kier alpha value is -11.0. The molecule has 1 aliphatic heterocycles. The van der Waals surface area contributed by atoms with E-state index < -0.39 is 11.9 Å². The van der Waals surface area contributed by atoms with Crippen LogP contribution in [-0.2, 0) is 41.5 Å². The second-order valence-corrected chi connectivity index (χ2v) is 20.8. The van der Waals surface area contributed by atoms with Gasteiger partial charge >= 0.3 is 11.9 Å². The van der Waals surface area contributed by atoms with Crippen LogP contribution in [0.15, 0.2) is 236 Å². The van der Waals surface area contributed by atoms with Gasteiger partial charge in [0.05, 0.1) is 54.1 Å². The number of pyridine rings is 3. The Kier molecular flexibility index (Phi) is 20.4. The first-order chi connectivity index (χ1) is 42.7. The summed E-state index contributed by atoms with van der Waals surface area (Å²) in [4.78, 5) is 70.1. The van der Waals surface area contributed by atoms with E-state index in [0.717, 1.165) is 105 Å². The normalized spacial score (nSPS) is 11.7. The molecular weight excluding hydrogens is 1120 g/mol. The van der Waals surface area contributed by atoms with E-state index in [9.17, 15) is 24.0 Å². The third-order valence-electron chi connectivity index (χ3n) is 14.2. The fraction of sp³-hybridized carbons (Fsp3) is 0.111. The lowest BCUT2D eigenvalue weighted by Crippen LogP contribution is -2.23. The highest BCUT2D eigenvalue weighted by atomic mass is 35.5. The number of aromatic nitrogens is 7. The Morgan fingerprint density at radius 2 is 1.07 bits per heavy atom. The molecule has 0 radical (unpaired) electrons. The topological polar surface area (TPSA) is 215 Å². The van der Waals surface area contributed by atoms with Gasteiger partial charge in [0.25, 0.3) is 5.91 Å². The van der Waals surface area contributed by atoms with Crippen LogP contribution in [0.2, 0.25) is 0 Å². The minimum Gasteiger partial charge on any atom is -0.469 e. The highest BCUT2D eigenvalue weighted by molar-refractivity contribution is 6.62. The number of ether oxygens (including phenoxy) is 2. The molecule has 5 aromatic heterocycles. The van der Waals surface area contributed by atoms with E-state index in [1.807, 2.05) is 189 Å². The SMILES string of the molecule is CC(=O)Cl.CC1=C(c2ccc3ncccc3c2)C(=O)n2nc(-c3ccccc3)c(-c3ccccc3)c2C1.COC(=O)C(C(C)=O)c1ccc2ncccc2c1.COC(=O)Cc1ccc2ncccc2c1.Nc1n[nH]c(-c2ccccc2)c1-c1ccccc1. The standard InChI is InChI=1S/C29H21N3O.C15H13N3.C14H13NO3.C12H11NO2.C2H3ClO/c1-19-17-25-27(20-9-4-2-5-10-20)28(21-11-6-3-7-12-21)31-32(25)29(33)26(19)23-14-15-24-22(18-23)13-8-16-30-24;16-15-13(11-7-3-1-4-8-11)14(17-18-15)12-9-5-2-6-10-12;1-9(16)13(14(17)18-2)11-5-6-12-10(8-11)4-3-7-15-12;1-15-12(14)8-9-4-5-11-10(7-9)3-2-6-13-11;1-2(3)4/h2-16,18H,17H2,1H3;1-10H,(H3,16,17,18);3-8,13H,1-2H3;2-7H,8H2,1H3;1H3.